The lowest BCUT2D eigenvalue weighted by molar-refractivity contribution is 0.723. The largest absolute Gasteiger partial charge is 0.384 e. The van der Waals surface area contributed by atoms with Gasteiger partial charge in [-0.2, -0.15) is 0 Å². The second-order valence-corrected chi connectivity index (χ2v) is 3.49. The Kier molecular flexibility index (Phi) is 3.56. The molecule has 1 rings (SSSR count). The van der Waals surface area contributed by atoms with E-state index in [4.69, 9.17) is 0 Å². The van der Waals surface area contributed by atoms with Crippen LogP contribution in [0.5, 0.6) is 0 Å². The fraction of sp³-hybridized carbons (Fsp3) is 0.333. The molecule has 1 heteroatoms. The summed E-state index contributed by atoms with van der Waals surface area (Å²) in [6.45, 7) is 9.13. The highest BCUT2D eigenvalue weighted by atomic mass is 14.9. The van der Waals surface area contributed by atoms with Crippen LogP contribution >= 0.6 is 0 Å². The molecule has 1 N–H and O–H groups in total. The normalized spacial score (nSPS) is 12.2. The average Bonchev–Trinajstić information content (AvgIpc) is 2.15. The number of anilines is 1. The molecule has 70 valence electrons. The van der Waals surface area contributed by atoms with E-state index in [2.05, 4.69) is 37.9 Å². The molecular formula is C12H17N. The van der Waals surface area contributed by atoms with E-state index >= 15 is 0 Å². The highest BCUT2D eigenvalue weighted by molar-refractivity contribution is 5.42. The van der Waals surface area contributed by atoms with Gasteiger partial charge in [0.1, 0.15) is 0 Å². The number of nitrogens with one attached hydrogen (secondary N) is 1. The Morgan fingerprint density at radius 2 is 2.00 bits per heavy atom. The van der Waals surface area contributed by atoms with Crippen molar-refractivity contribution in [3.8, 4) is 0 Å². The van der Waals surface area contributed by atoms with E-state index in [9.17, 15) is 0 Å². The summed E-state index contributed by atoms with van der Waals surface area (Å²) in [4.78, 5) is 0. The molecule has 13 heavy (non-hydrogen) atoms. The maximum Gasteiger partial charge on any atom is 0.0340 e. The third-order valence-corrected chi connectivity index (χ3v) is 2.23. The molecular weight excluding hydrogens is 158 g/mol. The highest BCUT2D eigenvalue weighted by Crippen LogP contribution is 2.10. The molecule has 0 radical (unpaired) electrons. The number of rotatable bonds is 4. The Balaban J connectivity index is 2.39. The van der Waals surface area contributed by atoms with Crippen molar-refractivity contribution in [3.05, 3.63) is 42.5 Å². The molecule has 0 fully saturated rings. The quantitative estimate of drug-likeness (QED) is 0.692. The zero-order chi connectivity index (χ0) is 9.68. The zero-order valence-corrected chi connectivity index (χ0v) is 8.38. The van der Waals surface area contributed by atoms with Crippen molar-refractivity contribution >= 4 is 5.69 Å². The molecule has 1 atom stereocenters. The summed E-state index contributed by atoms with van der Waals surface area (Å²) in [7, 11) is 0. The Bertz CT molecular complexity index is 264. The van der Waals surface area contributed by atoms with Crippen molar-refractivity contribution < 1.29 is 0 Å². The van der Waals surface area contributed by atoms with Crippen molar-refractivity contribution in [1.29, 1.82) is 0 Å². The second-order valence-electron chi connectivity index (χ2n) is 3.49. The first-order valence-corrected chi connectivity index (χ1v) is 4.64. The summed E-state index contributed by atoms with van der Waals surface area (Å²) in [5.74, 6) is 0.528. The molecule has 1 nitrogen and oxygen atoms in total. The van der Waals surface area contributed by atoms with Crippen LogP contribution in [-0.2, 0) is 0 Å². The molecule has 1 aromatic rings. The van der Waals surface area contributed by atoms with E-state index in [1.165, 1.54) is 11.3 Å². The van der Waals surface area contributed by atoms with Gasteiger partial charge in [-0.3, -0.25) is 0 Å². The Hall–Kier alpha value is -1.24. The summed E-state index contributed by atoms with van der Waals surface area (Å²) < 4.78 is 0. The van der Waals surface area contributed by atoms with Gasteiger partial charge in [0.15, 0.2) is 0 Å². The molecule has 0 aliphatic heterocycles. The van der Waals surface area contributed by atoms with E-state index in [0.29, 0.717) is 5.92 Å². The fourth-order valence-corrected chi connectivity index (χ4v) is 1.00. The van der Waals surface area contributed by atoms with Crippen LogP contribution in [0.1, 0.15) is 13.8 Å². The molecule has 0 aromatic heterocycles. The van der Waals surface area contributed by atoms with Gasteiger partial charge < -0.3 is 5.32 Å². The van der Waals surface area contributed by atoms with Crippen molar-refractivity contribution in [2.45, 2.75) is 13.8 Å². The van der Waals surface area contributed by atoms with Gasteiger partial charge in [0.25, 0.3) is 0 Å². The standard InChI is InChI=1S/C12H17N/c1-10(2)11(3)9-13-12-7-5-4-6-8-12/h4-8,11,13H,1,9H2,2-3H3. The smallest absolute Gasteiger partial charge is 0.0340 e. The van der Waals surface area contributed by atoms with Gasteiger partial charge in [0.2, 0.25) is 0 Å². The third kappa shape index (κ3) is 3.32. The highest BCUT2D eigenvalue weighted by Gasteiger charge is 2.00. The minimum Gasteiger partial charge on any atom is -0.384 e. The van der Waals surface area contributed by atoms with Gasteiger partial charge in [-0.25, -0.2) is 0 Å². The third-order valence-electron chi connectivity index (χ3n) is 2.23. The Labute approximate surface area is 80.5 Å². The minimum absolute atomic E-state index is 0.528. The summed E-state index contributed by atoms with van der Waals surface area (Å²) in [5, 5.41) is 3.36. The maximum absolute atomic E-state index is 3.93. The summed E-state index contributed by atoms with van der Waals surface area (Å²) >= 11 is 0. The van der Waals surface area contributed by atoms with Crippen LogP contribution in [-0.4, -0.2) is 6.54 Å². The molecule has 0 heterocycles. The van der Waals surface area contributed by atoms with E-state index in [1.807, 2.05) is 18.2 Å². The van der Waals surface area contributed by atoms with Crippen LogP contribution in [0.15, 0.2) is 42.5 Å². The van der Waals surface area contributed by atoms with Crippen LogP contribution in [0.4, 0.5) is 5.69 Å². The van der Waals surface area contributed by atoms with E-state index in [1.54, 1.807) is 0 Å². The van der Waals surface area contributed by atoms with Gasteiger partial charge in [0, 0.05) is 12.2 Å². The van der Waals surface area contributed by atoms with Crippen LogP contribution in [0.25, 0.3) is 0 Å². The van der Waals surface area contributed by atoms with Crippen molar-refractivity contribution in [2.75, 3.05) is 11.9 Å². The lowest BCUT2D eigenvalue weighted by Crippen LogP contribution is -2.11. The average molecular weight is 175 g/mol. The SMILES string of the molecule is C=C(C)C(C)CNc1ccccc1. The Morgan fingerprint density at radius 3 is 2.54 bits per heavy atom. The van der Waals surface area contributed by atoms with Crippen LogP contribution in [0.2, 0.25) is 0 Å². The topological polar surface area (TPSA) is 12.0 Å². The van der Waals surface area contributed by atoms with Gasteiger partial charge in [0.05, 0.1) is 0 Å². The maximum atomic E-state index is 3.93. The van der Waals surface area contributed by atoms with Crippen molar-refractivity contribution in [3.63, 3.8) is 0 Å². The lowest BCUT2D eigenvalue weighted by Gasteiger charge is -2.12. The summed E-state index contributed by atoms with van der Waals surface area (Å²) in [6.07, 6.45) is 0. The van der Waals surface area contributed by atoms with Crippen molar-refractivity contribution in [2.24, 2.45) is 5.92 Å². The van der Waals surface area contributed by atoms with Gasteiger partial charge in [-0.1, -0.05) is 37.3 Å². The fourth-order valence-electron chi connectivity index (χ4n) is 1.00. The van der Waals surface area contributed by atoms with Crippen LogP contribution in [0.3, 0.4) is 0 Å². The molecule has 0 aliphatic rings. The first-order valence-electron chi connectivity index (χ1n) is 4.64. The van der Waals surface area contributed by atoms with E-state index in [-0.39, 0.29) is 0 Å². The van der Waals surface area contributed by atoms with Crippen LogP contribution < -0.4 is 5.32 Å². The second kappa shape index (κ2) is 4.70. The molecule has 0 amide bonds. The molecule has 0 saturated heterocycles. The Morgan fingerprint density at radius 1 is 1.38 bits per heavy atom. The number of hydrogen-bond acceptors (Lipinski definition) is 1. The first-order chi connectivity index (χ1) is 6.20. The number of hydrogen-bond donors (Lipinski definition) is 1. The zero-order valence-electron chi connectivity index (χ0n) is 8.38. The molecule has 0 aliphatic carbocycles. The minimum atomic E-state index is 0.528. The van der Waals surface area contributed by atoms with E-state index in [0.717, 1.165) is 6.54 Å². The number of para-hydroxylation sites is 1. The lowest BCUT2D eigenvalue weighted by atomic mass is 10.1. The molecule has 0 bridgehead atoms. The first kappa shape index (κ1) is 9.85. The van der Waals surface area contributed by atoms with Crippen molar-refractivity contribution in [1.82, 2.24) is 0 Å². The molecule has 1 unspecified atom stereocenters. The molecule has 0 spiro atoms. The molecule has 1 aromatic carbocycles. The molecule has 0 saturated carbocycles. The van der Waals surface area contributed by atoms with Crippen LogP contribution in [0, 0.1) is 5.92 Å². The predicted octanol–water partition coefficient (Wildman–Crippen LogP) is 3.31. The van der Waals surface area contributed by atoms with Gasteiger partial charge >= 0.3 is 0 Å². The number of benzene rings is 1. The summed E-state index contributed by atoms with van der Waals surface area (Å²) in [6, 6.07) is 10.2. The predicted molar refractivity (Wildman–Crippen MR) is 58.9 cm³/mol. The summed E-state index contributed by atoms with van der Waals surface area (Å²) in [5.41, 5.74) is 2.40. The monoisotopic (exact) mass is 175 g/mol. The van der Waals surface area contributed by atoms with Gasteiger partial charge in [-0.15, -0.1) is 0 Å². The van der Waals surface area contributed by atoms with E-state index < -0.39 is 0 Å². The van der Waals surface area contributed by atoms with Gasteiger partial charge in [-0.05, 0) is 25.0 Å².